The number of guanidine groups is 1. The third kappa shape index (κ3) is 9.87. The van der Waals surface area contributed by atoms with Crippen molar-refractivity contribution in [3.05, 3.63) is 35.9 Å². The molecule has 0 saturated heterocycles. The Kier molecular flexibility index (Phi) is 11.2. The maximum atomic E-state index is 11.0. The van der Waals surface area contributed by atoms with E-state index >= 15 is 0 Å². The SMILES string of the molecule is CCNC(=NCCCc1ccccc1)NCCCCCC(=O)OC. The molecule has 0 bridgehead atoms. The van der Waals surface area contributed by atoms with Gasteiger partial charge in [-0.15, -0.1) is 0 Å². The van der Waals surface area contributed by atoms with Gasteiger partial charge in [0.15, 0.2) is 5.96 Å². The highest BCUT2D eigenvalue weighted by atomic mass is 16.5. The maximum absolute atomic E-state index is 11.0. The van der Waals surface area contributed by atoms with Crippen molar-refractivity contribution in [1.29, 1.82) is 0 Å². The van der Waals surface area contributed by atoms with Crippen molar-refractivity contribution in [1.82, 2.24) is 10.6 Å². The second kappa shape index (κ2) is 13.4. The summed E-state index contributed by atoms with van der Waals surface area (Å²) in [4.78, 5) is 15.6. The lowest BCUT2D eigenvalue weighted by Crippen LogP contribution is -2.37. The number of esters is 1. The van der Waals surface area contributed by atoms with Crippen LogP contribution < -0.4 is 10.6 Å². The number of carbonyl (C=O) groups is 1. The monoisotopic (exact) mass is 333 g/mol. The van der Waals surface area contributed by atoms with Crippen LogP contribution >= 0.6 is 0 Å². The molecule has 0 aliphatic rings. The molecule has 0 aliphatic carbocycles. The van der Waals surface area contributed by atoms with Gasteiger partial charge in [-0.3, -0.25) is 9.79 Å². The highest BCUT2D eigenvalue weighted by Crippen LogP contribution is 2.02. The van der Waals surface area contributed by atoms with Gasteiger partial charge < -0.3 is 15.4 Å². The summed E-state index contributed by atoms with van der Waals surface area (Å²) in [6.45, 7) is 4.60. The van der Waals surface area contributed by atoms with Crippen LogP contribution in [0.15, 0.2) is 35.3 Å². The molecule has 2 N–H and O–H groups in total. The summed E-state index contributed by atoms with van der Waals surface area (Å²) in [5, 5.41) is 6.61. The van der Waals surface area contributed by atoms with Gasteiger partial charge in [-0.05, 0) is 38.2 Å². The quantitative estimate of drug-likeness (QED) is 0.283. The van der Waals surface area contributed by atoms with Crippen molar-refractivity contribution in [2.45, 2.75) is 45.4 Å². The minimum absolute atomic E-state index is 0.128. The third-order valence-electron chi connectivity index (χ3n) is 3.66. The highest BCUT2D eigenvalue weighted by molar-refractivity contribution is 5.79. The first-order valence-corrected chi connectivity index (χ1v) is 8.89. The summed E-state index contributed by atoms with van der Waals surface area (Å²) in [6.07, 6.45) is 5.50. The van der Waals surface area contributed by atoms with Crippen molar-refractivity contribution in [3.8, 4) is 0 Å². The number of ether oxygens (including phenoxy) is 1. The van der Waals surface area contributed by atoms with Crippen LogP contribution in [0.2, 0.25) is 0 Å². The first-order valence-electron chi connectivity index (χ1n) is 8.89. The molecule has 5 heteroatoms. The van der Waals surface area contributed by atoms with Gasteiger partial charge in [0.05, 0.1) is 7.11 Å². The smallest absolute Gasteiger partial charge is 0.305 e. The normalized spacial score (nSPS) is 11.2. The average Bonchev–Trinajstić information content (AvgIpc) is 2.62. The van der Waals surface area contributed by atoms with Crippen LogP contribution in [0.3, 0.4) is 0 Å². The number of benzene rings is 1. The number of hydrogen-bond donors (Lipinski definition) is 2. The van der Waals surface area contributed by atoms with Crippen molar-refractivity contribution < 1.29 is 9.53 Å². The lowest BCUT2D eigenvalue weighted by Gasteiger charge is -2.11. The fourth-order valence-electron chi connectivity index (χ4n) is 2.34. The maximum Gasteiger partial charge on any atom is 0.305 e. The molecule has 134 valence electrons. The number of nitrogens with one attached hydrogen (secondary N) is 2. The lowest BCUT2D eigenvalue weighted by atomic mass is 10.1. The standard InChI is InChI=1S/C19H31N3O2/c1-3-20-19(21-15-9-5-8-14-18(23)24-2)22-16-10-13-17-11-6-4-7-12-17/h4,6-7,11-12H,3,5,8-10,13-16H2,1-2H3,(H2,20,21,22). The molecule has 0 aromatic heterocycles. The highest BCUT2D eigenvalue weighted by Gasteiger charge is 2.00. The number of methoxy groups -OCH3 is 1. The molecule has 0 radical (unpaired) electrons. The van der Waals surface area contributed by atoms with Gasteiger partial charge in [0.25, 0.3) is 0 Å². The minimum Gasteiger partial charge on any atom is -0.469 e. The number of carbonyl (C=O) groups excluding carboxylic acids is 1. The first-order chi connectivity index (χ1) is 11.8. The summed E-state index contributed by atoms with van der Waals surface area (Å²) in [5.74, 6) is 0.745. The fraction of sp³-hybridized carbons (Fsp3) is 0.579. The van der Waals surface area contributed by atoms with E-state index in [-0.39, 0.29) is 5.97 Å². The van der Waals surface area contributed by atoms with Crippen LogP contribution in [-0.4, -0.2) is 38.7 Å². The molecule has 0 amide bonds. The van der Waals surface area contributed by atoms with E-state index in [1.54, 1.807) is 0 Å². The van der Waals surface area contributed by atoms with E-state index in [1.807, 2.05) is 6.07 Å². The van der Waals surface area contributed by atoms with Crippen LogP contribution in [0.1, 0.15) is 44.6 Å². The zero-order valence-corrected chi connectivity index (χ0v) is 15.0. The van der Waals surface area contributed by atoms with E-state index in [2.05, 4.69) is 51.6 Å². The number of unbranched alkanes of at least 4 members (excludes halogenated alkanes) is 2. The molecule has 0 aliphatic heterocycles. The number of hydrogen-bond acceptors (Lipinski definition) is 3. The zero-order valence-electron chi connectivity index (χ0n) is 15.0. The Morgan fingerprint density at radius 2 is 1.88 bits per heavy atom. The van der Waals surface area contributed by atoms with Gasteiger partial charge in [-0.1, -0.05) is 36.8 Å². The van der Waals surface area contributed by atoms with Gasteiger partial charge in [0.2, 0.25) is 0 Å². The van der Waals surface area contributed by atoms with Crippen molar-refractivity contribution in [3.63, 3.8) is 0 Å². The number of nitrogens with zero attached hydrogens (tertiary/aromatic N) is 1. The molecule has 0 fully saturated rings. The Hall–Kier alpha value is -2.04. The van der Waals surface area contributed by atoms with Gasteiger partial charge in [-0.25, -0.2) is 0 Å². The molecule has 24 heavy (non-hydrogen) atoms. The van der Waals surface area contributed by atoms with E-state index in [9.17, 15) is 4.79 Å². The summed E-state index contributed by atoms with van der Waals surface area (Å²) < 4.78 is 4.63. The lowest BCUT2D eigenvalue weighted by molar-refractivity contribution is -0.140. The molecule has 1 aromatic carbocycles. The third-order valence-corrected chi connectivity index (χ3v) is 3.66. The minimum atomic E-state index is -0.128. The van der Waals surface area contributed by atoms with Crippen LogP contribution in [0.5, 0.6) is 0 Å². The van der Waals surface area contributed by atoms with Gasteiger partial charge >= 0.3 is 5.97 Å². The summed E-state index contributed by atoms with van der Waals surface area (Å²) >= 11 is 0. The predicted octanol–water partition coefficient (Wildman–Crippen LogP) is 2.91. The number of aliphatic imine (C=N–C) groups is 1. The Labute approximate surface area is 145 Å². The van der Waals surface area contributed by atoms with Crippen molar-refractivity contribution in [2.75, 3.05) is 26.7 Å². The Morgan fingerprint density at radius 3 is 2.58 bits per heavy atom. The molecule has 0 unspecified atom stereocenters. The molecular formula is C19H31N3O2. The molecule has 5 nitrogen and oxygen atoms in total. The number of aryl methyl sites for hydroxylation is 1. The van der Waals surface area contributed by atoms with Crippen molar-refractivity contribution >= 4 is 11.9 Å². The molecule has 1 aromatic rings. The van der Waals surface area contributed by atoms with E-state index in [4.69, 9.17) is 0 Å². The molecule has 0 heterocycles. The summed E-state index contributed by atoms with van der Waals surface area (Å²) in [6, 6.07) is 10.5. The molecule has 0 saturated carbocycles. The molecule has 0 atom stereocenters. The second-order valence-corrected chi connectivity index (χ2v) is 5.66. The summed E-state index contributed by atoms with van der Waals surface area (Å²) in [7, 11) is 1.43. The Bertz CT molecular complexity index is 475. The zero-order chi connectivity index (χ0) is 17.5. The fourth-order valence-corrected chi connectivity index (χ4v) is 2.34. The van der Waals surface area contributed by atoms with E-state index in [1.165, 1.54) is 12.7 Å². The average molecular weight is 333 g/mol. The van der Waals surface area contributed by atoms with Crippen molar-refractivity contribution in [2.24, 2.45) is 4.99 Å². The Morgan fingerprint density at radius 1 is 1.08 bits per heavy atom. The van der Waals surface area contributed by atoms with Gasteiger partial charge in [-0.2, -0.15) is 0 Å². The first kappa shape index (κ1) is 20.0. The van der Waals surface area contributed by atoms with Crippen LogP contribution in [0.25, 0.3) is 0 Å². The second-order valence-electron chi connectivity index (χ2n) is 5.66. The molecule has 0 spiro atoms. The summed E-state index contributed by atoms with van der Waals surface area (Å²) in [5.41, 5.74) is 1.36. The number of rotatable bonds is 11. The molecular weight excluding hydrogens is 302 g/mol. The van der Waals surface area contributed by atoms with Crippen LogP contribution in [-0.2, 0) is 16.0 Å². The topological polar surface area (TPSA) is 62.7 Å². The predicted molar refractivity (Wildman–Crippen MR) is 99.2 cm³/mol. The molecule has 1 rings (SSSR count). The van der Waals surface area contributed by atoms with Crippen LogP contribution in [0, 0.1) is 0 Å². The Balaban J connectivity index is 2.16. The largest absolute Gasteiger partial charge is 0.469 e. The van der Waals surface area contributed by atoms with Crippen LogP contribution in [0.4, 0.5) is 0 Å². The van der Waals surface area contributed by atoms with Gasteiger partial charge in [0, 0.05) is 26.1 Å². The van der Waals surface area contributed by atoms with E-state index in [0.29, 0.717) is 6.42 Å². The van der Waals surface area contributed by atoms with E-state index in [0.717, 1.165) is 57.7 Å². The van der Waals surface area contributed by atoms with E-state index < -0.39 is 0 Å². The van der Waals surface area contributed by atoms with Gasteiger partial charge in [0.1, 0.15) is 0 Å².